The first-order valence-electron chi connectivity index (χ1n) is 6.93. The van der Waals surface area contributed by atoms with E-state index in [0.29, 0.717) is 0 Å². The van der Waals surface area contributed by atoms with Gasteiger partial charge < -0.3 is 9.80 Å². The largest absolute Gasteiger partial charge is 0.331 e. The van der Waals surface area contributed by atoms with Crippen LogP contribution in [0.25, 0.3) is 0 Å². The van der Waals surface area contributed by atoms with Crippen LogP contribution in [0.2, 0.25) is 0 Å². The molecule has 1 heterocycles. The minimum Gasteiger partial charge on any atom is -0.331 e. The fraction of sp³-hybridized carbons (Fsp3) is 0.500. The molecule has 2 amide bonds. The van der Waals surface area contributed by atoms with Crippen LogP contribution in [0.4, 0.5) is 9.18 Å². The summed E-state index contributed by atoms with van der Waals surface area (Å²) in [5, 5.41) is 0. The summed E-state index contributed by atoms with van der Waals surface area (Å²) in [7, 11) is -0.528. The summed E-state index contributed by atoms with van der Waals surface area (Å²) in [6.45, 7) is 3.69. The van der Waals surface area contributed by atoms with Gasteiger partial charge in [-0.25, -0.2) is 17.6 Å². The summed E-state index contributed by atoms with van der Waals surface area (Å²) >= 11 is 0. The van der Waals surface area contributed by atoms with Crippen LogP contribution in [-0.2, 0) is 10.0 Å². The number of carbonyl (C=O) groups is 1. The summed E-state index contributed by atoms with van der Waals surface area (Å²) < 4.78 is 39.6. The number of rotatable bonds is 2. The Morgan fingerprint density at radius 2 is 1.77 bits per heavy atom. The van der Waals surface area contributed by atoms with Gasteiger partial charge in [-0.05, 0) is 38.1 Å². The molecule has 2 unspecified atom stereocenters. The van der Waals surface area contributed by atoms with Crippen LogP contribution >= 0.6 is 0 Å². The highest BCUT2D eigenvalue weighted by Crippen LogP contribution is 2.28. The second kappa shape index (κ2) is 5.85. The Balaban J connectivity index is 2.33. The van der Waals surface area contributed by atoms with E-state index in [1.54, 1.807) is 27.9 Å². The Kier molecular flexibility index (Phi) is 4.44. The van der Waals surface area contributed by atoms with Gasteiger partial charge in [0, 0.05) is 26.7 Å². The Bertz CT molecular complexity index is 660. The van der Waals surface area contributed by atoms with Gasteiger partial charge >= 0.3 is 6.03 Å². The van der Waals surface area contributed by atoms with Crippen LogP contribution in [0.3, 0.4) is 0 Å². The van der Waals surface area contributed by atoms with Crippen LogP contribution in [0.1, 0.15) is 13.8 Å². The number of hydrogen-bond acceptors (Lipinski definition) is 3. The lowest BCUT2D eigenvalue weighted by Crippen LogP contribution is -2.47. The number of sulfonamides is 1. The second-order valence-corrected chi connectivity index (χ2v) is 7.48. The number of nitrogens with zero attached hydrogens (tertiary/aromatic N) is 3. The minimum absolute atomic E-state index is 0.0205. The molecular weight excluding hydrogens is 309 g/mol. The van der Waals surface area contributed by atoms with Crippen molar-refractivity contribution in [2.45, 2.75) is 31.0 Å². The molecule has 1 aromatic carbocycles. The molecule has 122 valence electrons. The summed E-state index contributed by atoms with van der Waals surface area (Å²) in [4.78, 5) is 15.2. The van der Waals surface area contributed by atoms with E-state index < -0.39 is 22.0 Å². The van der Waals surface area contributed by atoms with E-state index in [4.69, 9.17) is 0 Å². The average Bonchev–Trinajstić information content (AvgIpc) is 2.74. The highest BCUT2D eigenvalue weighted by Gasteiger charge is 2.44. The summed E-state index contributed by atoms with van der Waals surface area (Å²) in [5.74, 6) is -0.494. The monoisotopic (exact) mass is 329 g/mol. The van der Waals surface area contributed by atoms with E-state index in [1.807, 2.05) is 0 Å². The number of hydrogen-bond donors (Lipinski definition) is 0. The third-order valence-electron chi connectivity index (χ3n) is 3.76. The van der Waals surface area contributed by atoms with Crippen LogP contribution < -0.4 is 0 Å². The van der Waals surface area contributed by atoms with E-state index in [9.17, 15) is 17.6 Å². The molecule has 0 spiro atoms. The highest BCUT2D eigenvalue weighted by molar-refractivity contribution is 7.89. The molecular formula is C14H20FN3O3S. The van der Waals surface area contributed by atoms with E-state index >= 15 is 0 Å². The van der Waals surface area contributed by atoms with Crippen molar-refractivity contribution in [3.8, 4) is 0 Å². The third-order valence-corrected chi connectivity index (χ3v) is 5.70. The number of carbonyl (C=O) groups excluding carboxylic acids is 1. The van der Waals surface area contributed by atoms with Crippen LogP contribution in [-0.4, -0.2) is 61.4 Å². The molecule has 0 bridgehead atoms. The van der Waals surface area contributed by atoms with Crippen molar-refractivity contribution in [1.82, 2.24) is 14.1 Å². The first-order chi connectivity index (χ1) is 10.2. The van der Waals surface area contributed by atoms with Crippen LogP contribution in [0.5, 0.6) is 0 Å². The Morgan fingerprint density at radius 1 is 1.23 bits per heavy atom. The van der Waals surface area contributed by atoms with Gasteiger partial charge in [-0.3, -0.25) is 0 Å². The van der Waals surface area contributed by atoms with E-state index in [-0.39, 0.29) is 23.5 Å². The quantitative estimate of drug-likeness (QED) is 0.827. The summed E-state index contributed by atoms with van der Waals surface area (Å²) in [6.07, 6.45) is -0.597. The SMILES string of the molecule is CC1CN(S(=O)(=O)c2ccc(F)cc2)C(C)N1C(=O)N(C)C. The summed E-state index contributed by atoms with van der Waals surface area (Å²) in [5.41, 5.74) is 0. The van der Waals surface area contributed by atoms with Gasteiger partial charge in [-0.15, -0.1) is 0 Å². The molecule has 0 aromatic heterocycles. The van der Waals surface area contributed by atoms with Crippen LogP contribution in [0, 0.1) is 5.82 Å². The Hall–Kier alpha value is -1.67. The molecule has 0 aliphatic carbocycles. The van der Waals surface area contributed by atoms with Crippen molar-refractivity contribution in [3.63, 3.8) is 0 Å². The molecule has 2 atom stereocenters. The topological polar surface area (TPSA) is 60.9 Å². The number of benzene rings is 1. The Morgan fingerprint density at radius 3 is 2.27 bits per heavy atom. The standard InChI is InChI=1S/C14H20FN3O3S/c1-10-9-17(11(2)18(10)14(19)16(3)4)22(20,21)13-7-5-12(15)6-8-13/h5-8,10-11H,9H2,1-4H3. The molecule has 22 heavy (non-hydrogen) atoms. The first-order valence-corrected chi connectivity index (χ1v) is 8.37. The number of urea groups is 1. The van der Waals surface area contributed by atoms with Crippen molar-refractivity contribution < 1.29 is 17.6 Å². The zero-order valence-electron chi connectivity index (χ0n) is 13.0. The van der Waals surface area contributed by atoms with Gasteiger partial charge in [0.25, 0.3) is 0 Å². The zero-order valence-corrected chi connectivity index (χ0v) is 13.8. The molecule has 2 rings (SSSR count). The van der Waals surface area contributed by atoms with E-state index in [1.165, 1.54) is 26.2 Å². The van der Waals surface area contributed by atoms with Gasteiger partial charge in [0.05, 0.1) is 11.1 Å². The van der Waals surface area contributed by atoms with Crippen molar-refractivity contribution in [2.24, 2.45) is 0 Å². The normalized spacial score (nSPS) is 22.9. The molecule has 1 aromatic rings. The minimum atomic E-state index is -3.78. The molecule has 0 radical (unpaired) electrons. The van der Waals surface area contributed by atoms with Crippen molar-refractivity contribution in [1.29, 1.82) is 0 Å². The van der Waals surface area contributed by atoms with E-state index in [2.05, 4.69) is 0 Å². The van der Waals surface area contributed by atoms with E-state index in [0.717, 1.165) is 12.1 Å². The second-order valence-electron chi connectivity index (χ2n) is 5.59. The van der Waals surface area contributed by atoms with Crippen molar-refractivity contribution in [3.05, 3.63) is 30.1 Å². The van der Waals surface area contributed by atoms with Gasteiger partial charge in [0.15, 0.2) is 0 Å². The first kappa shape index (κ1) is 16.7. The lowest BCUT2D eigenvalue weighted by Gasteiger charge is -2.30. The zero-order chi connectivity index (χ0) is 16.7. The smallest absolute Gasteiger partial charge is 0.321 e. The van der Waals surface area contributed by atoms with Crippen molar-refractivity contribution >= 4 is 16.1 Å². The fourth-order valence-corrected chi connectivity index (χ4v) is 4.29. The van der Waals surface area contributed by atoms with Crippen molar-refractivity contribution in [2.75, 3.05) is 20.6 Å². The van der Waals surface area contributed by atoms with Gasteiger partial charge in [0.1, 0.15) is 5.82 Å². The molecule has 0 saturated carbocycles. The lowest BCUT2D eigenvalue weighted by molar-refractivity contribution is 0.144. The third kappa shape index (κ3) is 2.80. The molecule has 6 nitrogen and oxygen atoms in total. The summed E-state index contributed by atoms with van der Waals surface area (Å²) in [6, 6.07) is 4.22. The molecule has 8 heteroatoms. The predicted octanol–water partition coefficient (Wildman–Crippen LogP) is 1.55. The maximum absolute atomic E-state index is 13.0. The lowest BCUT2D eigenvalue weighted by atomic mass is 10.3. The van der Waals surface area contributed by atoms with Gasteiger partial charge in [-0.2, -0.15) is 4.31 Å². The highest BCUT2D eigenvalue weighted by atomic mass is 32.2. The van der Waals surface area contributed by atoms with Gasteiger partial charge in [-0.1, -0.05) is 0 Å². The average molecular weight is 329 g/mol. The van der Waals surface area contributed by atoms with Gasteiger partial charge in [0.2, 0.25) is 10.0 Å². The maximum Gasteiger partial charge on any atom is 0.321 e. The Labute approximate surface area is 130 Å². The maximum atomic E-state index is 13.0. The molecule has 1 saturated heterocycles. The van der Waals surface area contributed by atoms with Crippen LogP contribution in [0.15, 0.2) is 29.2 Å². The number of halogens is 1. The molecule has 1 aliphatic rings. The molecule has 0 N–H and O–H groups in total. The predicted molar refractivity (Wildman–Crippen MR) is 80.1 cm³/mol. The number of amides is 2. The molecule has 1 fully saturated rings. The fourth-order valence-electron chi connectivity index (χ4n) is 2.63. The molecule has 1 aliphatic heterocycles.